The first-order chi connectivity index (χ1) is 11.9. The molecule has 2 rings (SSSR count). The zero-order valence-electron chi connectivity index (χ0n) is 15.7. The van der Waals surface area contributed by atoms with E-state index in [0.717, 1.165) is 17.0 Å². The van der Waals surface area contributed by atoms with Crippen molar-refractivity contribution < 1.29 is 9.53 Å². The number of carbonyl (C=O) groups excluding carboxylic acids is 1. The number of nitrogens with zero attached hydrogens (tertiary/aromatic N) is 5. The molecule has 0 aliphatic heterocycles. The fourth-order valence-corrected chi connectivity index (χ4v) is 2.67. The summed E-state index contributed by atoms with van der Waals surface area (Å²) in [6.07, 6.45) is 5.38. The van der Waals surface area contributed by atoms with E-state index in [4.69, 9.17) is 4.74 Å². The van der Waals surface area contributed by atoms with Crippen molar-refractivity contribution in [2.24, 2.45) is 7.05 Å². The van der Waals surface area contributed by atoms with E-state index in [1.807, 2.05) is 43.3 Å². The van der Waals surface area contributed by atoms with Crippen LogP contribution < -0.4 is 5.32 Å². The zero-order chi connectivity index (χ0) is 18.4. The number of urea groups is 1. The third-order valence-electron chi connectivity index (χ3n) is 4.44. The van der Waals surface area contributed by atoms with Gasteiger partial charge in [0.25, 0.3) is 0 Å². The lowest BCUT2D eigenvalue weighted by Gasteiger charge is -2.24. The molecule has 0 aliphatic rings. The summed E-state index contributed by atoms with van der Waals surface area (Å²) in [4.78, 5) is 18.5. The zero-order valence-corrected chi connectivity index (χ0v) is 15.7. The molecule has 2 amide bonds. The Morgan fingerprint density at radius 2 is 2.20 bits per heavy atom. The van der Waals surface area contributed by atoms with Crippen LogP contribution in [0.5, 0.6) is 0 Å². The summed E-state index contributed by atoms with van der Waals surface area (Å²) in [6, 6.07) is 0.0317. The minimum absolute atomic E-state index is 0.105. The third kappa shape index (κ3) is 4.82. The maximum Gasteiger partial charge on any atom is 0.317 e. The quantitative estimate of drug-likeness (QED) is 0.787. The van der Waals surface area contributed by atoms with Gasteiger partial charge in [-0.05, 0) is 20.8 Å². The van der Waals surface area contributed by atoms with Crippen molar-refractivity contribution in [3.05, 3.63) is 35.7 Å². The number of hydrogen-bond acceptors (Lipinski definition) is 4. The van der Waals surface area contributed by atoms with Crippen molar-refractivity contribution in [1.29, 1.82) is 0 Å². The molecule has 0 bridgehead atoms. The van der Waals surface area contributed by atoms with Gasteiger partial charge >= 0.3 is 6.03 Å². The highest BCUT2D eigenvalue weighted by atomic mass is 16.5. The van der Waals surface area contributed by atoms with Gasteiger partial charge in [-0.2, -0.15) is 5.10 Å². The highest BCUT2D eigenvalue weighted by molar-refractivity contribution is 5.74. The summed E-state index contributed by atoms with van der Waals surface area (Å²) in [6.45, 7) is 8.08. The molecule has 2 aromatic heterocycles. The molecular formula is C17H28N6O2. The normalized spacial score (nSPS) is 12.2. The number of amides is 2. The van der Waals surface area contributed by atoms with Crippen molar-refractivity contribution >= 4 is 6.03 Å². The van der Waals surface area contributed by atoms with E-state index in [1.54, 1.807) is 24.5 Å². The molecule has 8 heteroatoms. The predicted octanol–water partition coefficient (Wildman–Crippen LogP) is 1.65. The van der Waals surface area contributed by atoms with Gasteiger partial charge in [0, 0.05) is 56.9 Å². The summed E-state index contributed by atoms with van der Waals surface area (Å²) in [5.41, 5.74) is 3.10. The van der Waals surface area contributed by atoms with E-state index in [2.05, 4.69) is 15.4 Å². The fraction of sp³-hybridized carbons (Fsp3) is 0.588. The Morgan fingerprint density at radius 1 is 1.44 bits per heavy atom. The van der Waals surface area contributed by atoms with Gasteiger partial charge in [0.2, 0.25) is 0 Å². The minimum atomic E-state index is -0.105. The van der Waals surface area contributed by atoms with E-state index >= 15 is 0 Å². The Labute approximate surface area is 148 Å². The first-order valence-corrected chi connectivity index (χ1v) is 8.42. The third-order valence-corrected chi connectivity index (χ3v) is 4.44. The lowest BCUT2D eigenvalue weighted by molar-refractivity contribution is 0.145. The van der Waals surface area contributed by atoms with Crippen LogP contribution in [0.25, 0.3) is 0 Å². The number of imidazole rings is 1. The number of aromatic nitrogens is 4. The van der Waals surface area contributed by atoms with Gasteiger partial charge in [-0.1, -0.05) is 0 Å². The van der Waals surface area contributed by atoms with Crippen molar-refractivity contribution in [3.8, 4) is 0 Å². The van der Waals surface area contributed by atoms with Crippen molar-refractivity contribution in [2.45, 2.75) is 33.4 Å². The van der Waals surface area contributed by atoms with Crippen LogP contribution >= 0.6 is 0 Å². The maximum absolute atomic E-state index is 12.7. The van der Waals surface area contributed by atoms with Gasteiger partial charge in [0.05, 0.1) is 25.2 Å². The van der Waals surface area contributed by atoms with Crippen molar-refractivity contribution in [1.82, 2.24) is 29.5 Å². The number of nitrogens with one attached hydrogen (secondary N) is 1. The van der Waals surface area contributed by atoms with Crippen LogP contribution in [0.1, 0.15) is 29.9 Å². The Hall–Kier alpha value is -2.35. The van der Waals surface area contributed by atoms with Gasteiger partial charge in [-0.15, -0.1) is 0 Å². The molecule has 138 valence electrons. The molecule has 0 unspecified atom stereocenters. The number of rotatable bonds is 8. The van der Waals surface area contributed by atoms with Gasteiger partial charge in [-0.25, -0.2) is 9.78 Å². The molecule has 0 saturated heterocycles. The monoisotopic (exact) mass is 348 g/mol. The Kier molecular flexibility index (Phi) is 6.58. The standard InChI is InChI=1S/C17H28N6O2/c1-13(23-7-6-18-12-23)10-19-17(24)22(8-9-25-5)11-16-14(2)20-21(4)15(16)3/h6-7,12-13H,8-11H2,1-5H3,(H,19,24)/t13-/m1/s1. The minimum Gasteiger partial charge on any atom is -0.383 e. The second-order valence-corrected chi connectivity index (χ2v) is 6.23. The molecule has 0 fully saturated rings. The van der Waals surface area contributed by atoms with E-state index < -0.39 is 0 Å². The van der Waals surface area contributed by atoms with E-state index in [9.17, 15) is 4.79 Å². The molecule has 0 spiro atoms. The fourth-order valence-electron chi connectivity index (χ4n) is 2.67. The highest BCUT2D eigenvalue weighted by Gasteiger charge is 2.19. The Balaban J connectivity index is 2.01. The highest BCUT2D eigenvalue weighted by Crippen LogP contribution is 2.15. The van der Waals surface area contributed by atoms with Gasteiger partial charge in [0.15, 0.2) is 0 Å². The first-order valence-electron chi connectivity index (χ1n) is 8.42. The Bertz CT molecular complexity index is 680. The molecule has 1 atom stereocenters. The van der Waals surface area contributed by atoms with Crippen LogP contribution in [0, 0.1) is 13.8 Å². The lowest BCUT2D eigenvalue weighted by atomic mass is 10.2. The van der Waals surface area contributed by atoms with Crippen LogP contribution in [-0.4, -0.2) is 57.1 Å². The molecule has 0 saturated carbocycles. The molecule has 25 heavy (non-hydrogen) atoms. The number of aryl methyl sites for hydroxylation is 2. The molecule has 0 radical (unpaired) electrons. The summed E-state index contributed by atoms with van der Waals surface area (Å²) >= 11 is 0. The average molecular weight is 348 g/mol. The predicted molar refractivity (Wildman–Crippen MR) is 95.3 cm³/mol. The summed E-state index contributed by atoms with van der Waals surface area (Å²) in [5, 5.41) is 7.43. The summed E-state index contributed by atoms with van der Waals surface area (Å²) in [5.74, 6) is 0. The number of hydrogen-bond donors (Lipinski definition) is 1. The van der Waals surface area contributed by atoms with E-state index in [-0.39, 0.29) is 12.1 Å². The van der Waals surface area contributed by atoms with Crippen LogP contribution in [0.3, 0.4) is 0 Å². The summed E-state index contributed by atoms with van der Waals surface area (Å²) in [7, 11) is 3.55. The molecule has 1 N–H and O–H groups in total. The molecule has 8 nitrogen and oxygen atoms in total. The Morgan fingerprint density at radius 3 is 2.76 bits per heavy atom. The largest absolute Gasteiger partial charge is 0.383 e. The van der Waals surface area contributed by atoms with Gasteiger partial charge < -0.3 is 19.5 Å². The molecule has 2 aromatic rings. The second-order valence-electron chi connectivity index (χ2n) is 6.23. The number of methoxy groups -OCH3 is 1. The van der Waals surface area contributed by atoms with E-state index in [1.165, 1.54) is 0 Å². The van der Waals surface area contributed by atoms with Crippen LogP contribution in [-0.2, 0) is 18.3 Å². The van der Waals surface area contributed by atoms with Crippen LogP contribution in [0.2, 0.25) is 0 Å². The maximum atomic E-state index is 12.7. The smallest absolute Gasteiger partial charge is 0.317 e. The van der Waals surface area contributed by atoms with Crippen molar-refractivity contribution in [2.75, 3.05) is 26.8 Å². The molecular weight excluding hydrogens is 320 g/mol. The first kappa shape index (κ1) is 19.0. The average Bonchev–Trinajstić information content (AvgIpc) is 3.20. The van der Waals surface area contributed by atoms with Crippen LogP contribution in [0.15, 0.2) is 18.7 Å². The number of carbonyl (C=O) groups is 1. The van der Waals surface area contributed by atoms with Crippen LogP contribution in [0.4, 0.5) is 4.79 Å². The number of ether oxygens (including phenoxy) is 1. The molecule has 2 heterocycles. The molecule has 0 aliphatic carbocycles. The van der Waals surface area contributed by atoms with Crippen molar-refractivity contribution in [3.63, 3.8) is 0 Å². The van der Waals surface area contributed by atoms with Gasteiger partial charge in [-0.3, -0.25) is 4.68 Å². The van der Waals surface area contributed by atoms with E-state index in [0.29, 0.717) is 26.2 Å². The lowest BCUT2D eigenvalue weighted by Crippen LogP contribution is -2.43. The molecule has 0 aromatic carbocycles. The summed E-state index contributed by atoms with van der Waals surface area (Å²) < 4.78 is 8.97. The van der Waals surface area contributed by atoms with Gasteiger partial charge in [0.1, 0.15) is 0 Å². The topological polar surface area (TPSA) is 77.2 Å². The SMILES string of the molecule is COCCN(Cc1c(C)nn(C)c1C)C(=O)NC[C@@H](C)n1ccnc1. The second kappa shape index (κ2) is 8.66.